The molecule has 15 heteroatoms. The molecule has 4 rings (SSSR count). The number of nitrogens with zero attached hydrogens (tertiary/aromatic N) is 1. The normalized spacial score (nSPS) is 24.9. The van der Waals surface area contributed by atoms with Gasteiger partial charge in [-0.05, 0) is 46.6 Å². The maximum Gasteiger partial charge on any atom is 0.243 e. The van der Waals surface area contributed by atoms with E-state index < -0.39 is 83.4 Å². The van der Waals surface area contributed by atoms with Crippen molar-refractivity contribution in [2.45, 2.75) is 88.7 Å². The van der Waals surface area contributed by atoms with Crippen LogP contribution in [-0.4, -0.2) is 81.8 Å². The average Bonchev–Trinajstić information content (AvgIpc) is 3.47. The number of rotatable bonds is 6. The Morgan fingerprint density at radius 3 is 1.76 bits per heavy atom. The fourth-order valence-corrected chi connectivity index (χ4v) is 6.86. The van der Waals surface area contributed by atoms with Crippen LogP contribution in [0.2, 0.25) is 0 Å². The van der Waals surface area contributed by atoms with Gasteiger partial charge < -0.3 is 36.9 Å². The molecular weight excluding hydrogens is 675 g/mol. The third kappa shape index (κ3) is 9.96. The summed E-state index contributed by atoms with van der Waals surface area (Å²) in [7, 11) is 0. The molecular formula is C36H45N7O7S. The summed E-state index contributed by atoms with van der Waals surface area (Å²) >= 11 is 1.24. The highest BCUT2D eigenvalue weighted by Gasteiger charge is 2.32. The van der Waals surface area contributed by atoms with E-state index in [9.17, 15) is 33.6 Å². The van der Waals surface area contributed by atoms with Crippen LogP contribution in [0.25, 0.3) is 10.8 Å². The molecule has 3 aromatic rings. The lowest BCUT2D eigenvalue weighted by atomic mass is 9.92. The predicted molar refractivity (Wildman–Crippen MR) is 192 cm³/mol. The van der Waals surface area contributed by atoms with Gasteiger partial charge in [0, 0.05) is 35.1 Å². The van der Waals surface area contributed by atoms with Crippen molar-refractivity contribution in [1.29, 1.82) is 0 Å². The second kappa shape index (κ2) is 17.2. The first-order valence-corrected chi connectivity index (χ1v) is 17.7. The van der Waals surface area contributed by atoms with E-state index in [1.807, 2.05) is 54.6 Å². The molecule has 7 atom stereocenters. The number of thioether (sulfide) groups is 1. The van der Waals surface area contributed by atoms with Gasteiger partial charge in [0.15, 0.2) is 5.78 Å². The van der Waals surface area contributed by atoms with E-state index in [0.29, 0.717) is 5.03 Å². The second-order valence-corrected chi connectivity index (χ2v) is 13.9. The van der Waals surface area contributed by atoms with E-state index in [0.717, 1.165) is 16.3 Å². The molecule has 2 aromatic carbocycles. The van der Waals surface area contributed by atoms with Crippen LogP contribution in [-0.2, 0) is 40.0 Å². The molecule has 0 saturated carbocycles. The molecule has 7 N–H and O–H groups in total. The Bertz CT molecular complexity index is 1800. The van der Waals surface area contributed by atoms with Crippen LogP contribution in [0.4, 0.5) is 0 Å². The number of carbonyl (C=O) groups is 7. The maximum absolute atomic E-state index is 14.0. The lowest BCUT2D eigenvalue weighted by Crippen LogP contribution is -2.57. The van der Waals surface area contributed by atoms with Crippen LogP contribution in [0.5, 0.6) is 0 Å². The van der Waals surface area contributed by atoms with E-state index in [-0.39, 0.29) is 18.6 Å². The molecule has 272 valence electrons. The van der Waals surface area contributed by atoms with Gasteiger partial charge in [0.05, 0.1) is 11.1 Å². The first kappa shape index (κ1) is 38.6. The average molecular weight is 720 g/mol. The highest BCUT2D eigenvalue weighted by Crippen LogP contribution is 2.33. The van der Waals surface area contributed by atoms with Crippen molar-refractivity contribution in [2.24, 2.45) is 11.7 Å². The Hall–Kier alpha value is -5.18. The summed E-state index contributed by atoms with van der Waals surface area (Å²) in [6.07, 6.45) is 1.77. The number of primary amides is 1. The second-order valence-electron chi connectivity index (χ2n) is 12.9. The zero-order chi connectivity index (χ0) is 37.4. The number of hydrogen-bond donors (Lipinski definition) is 6. The third-order valence-electron chi connectivity index (χ3n) is 8.78. The SMILES string of the molecule is C[C@@H]1NC(=O)[C@H](C)NC(=O)[C@H](C)NC(=O)[C@H](C)n2cc3ccccc3c2SC[C@@H](C(=O)C[C@@H](Cc2ccccc2)C(N)=O)NC(=O)[C@H](C)NC1=O. The molecule has 0 fully saturated rings. The lowest BCUT2D eigenvalue weighted by molar-refractivity contribution is -0.134. The summed E-state index contributed by atoms with van der Waals surface area (Å²) in [5.74, 6) is -5.03. The molecule has 0 bridgehead atoms. The van der Waals surface area contributed by atoms with Gasteiger partial charge in [0.25, 0.3) is 0 Å². The Balaban J connectivity index is 1.70. The largest absolute Gasteiger partial charge is 0.369 e. The molecule has 0 saturated heterocycles. The molecule has 51 heavy (non-hydrogen) atoms. The van der Waals surface area contributed by atoms with Crippen molar-refractivity contribution in [2.75, 3.05) is 5.75 Å². The smallest absolute Gasteiger partial charge is 0.243 e. The van der Waals surface area contributed by atoms with Gasteiger partial charge in [-0.1, -0.05) is 54.6 Å². The molecule has 0 aliphatic carbocycles. The van der Waals surface area contributed by atoms with Gasteiger partial charge in [0.1, 0.15) is 30.2 Å². The lowest BCUT2D eigenvalue weighted by Gasteiger charge is -2.25. The zero-order valence-electron chi connectivity index (χ0n) is 29.2. The molecule has 6 amide bonds. The highest BCUT2D eigenvalue weighted by atomic mass is 32.2. The Kier molecular flexibility index (Phi) is 13.0. The summed E-state index contributed by atoms with van der Waals surface area (Å²) in [6.45, 7) is 7.45. The van der Waals surface area contributed by atoms with Crippen LogP contribution in [0, 0.1) is 5.92 Å². The standard InChI is InChI=1S/C36H45N7O7S/c1-19-31(46)38-20(2)32(47)40-22(4)34(49)42-28(29(44)16-26(30(37)45)15-24-11-7-6-8-12-24)18-51-36-27-14-10-9-13-25(27)17-43(36)23(5)35(50)41-21(3)33(48)39-19/h6-14,17,19-23,26,28H,15-16,18H2,1-5H3,(H2,37,45)(H,38,46)(H,39,48)(H,40,47)(H,41,50)(H,42,49)/t19-,20-,21-,22-,23-,26+,28-/m0/s1. The minimum Gasteiger partial charge on any atom is -0.369 e. The molecule has 2 heterocycles. The Morgan fingerprint density at radius 2 is 1.22 bits per heavy atom. The van der Waals surface area contributed by atoms with E-state index in [2.05, 4.69) is 26.6 Å². The third-order valence-corrected chi connectivity index (χ3v) is 9.98. The van der Waals surface area contributed by atoms with Crippen molar-refractivity contribution in [3.63, 3.8) is 0 Å². The van der Waals surface area contributed by atoms with E-state index in [1.54, 1.807) is 17.7 Å². The molecule has 0 radical (unpaired) electrons. The highest BCUT2D eigenvalue weighted by molar-refractivity contribution is 7.99. The summed E-state index contributed by atoms with van der Waals surface area (Å²) < 4.78 is 1.74. The number of nitrogens with one attached hydrogen (secondary N) is 5. The Morgan fingerprint density at radius 1 is 0.725 bits per heavy atom. The molecule has 1 aliphatic heterocycles. The van der Waals surface area contributed by atoms with Crippen molar-refractivity contribution in [3.8, 4) is 0 Å². The molecule has 1 aliphatic rings. The van der Waals surface area contributed by atoms with E-state index >= 15 is 0 Å². The number of hydrogen-bond acceptors (Lipinski definition) is 8. The minimum atomic E-state index is -1.13. The van der Waals surface area contributed by atoms with Gasteiger partial charge in [-0.25, -0.2) is 0 Å². The maximum atomic E-state index is 14.0. The fraction of sp³-hybridized carbons (Fsp3) is 0.417. The summed E-state index contributed by atoms with van der Waals surface area (Å²) in [5, 5.41) is 15.3. The summed E-state index contributed by atoms with van der Waals surface area (Å²) in [4.78, 5) is 92.1. The van der Waals surface area contributed by atoms with Gasteiger partial charge in [-0.15, -0.1) is 11.8 Å². The first-order valence-electron chi connectivity index (χ1n) is 16.8. The van der Waals surface area contributed by atoms with Crippen LogP contribution in [0.3, 0.4) is 0 Å². The Labute approximate surface area is 300 Å². The van der Waals surface area contributed by atoms with Crippen LogP contribution in [0.1, 0.15) is 52.6 Å². The number of amides is 6. The number of aromatic nitrogens is 1. The number of nitrogens with two attached hydrogens (primary N) is 1. The van der Waals surface area contributed by atoms with Gasteiger partial charge in [-0.2, -0.15) is 0 Å². The monoisotopic (exact) mass is 719 g/mol. The van der Waals surface area contributed by atoms with Crippen molar-refractivity contribution >= 4 is 63.8 Å². The number of Topliss-reactive ketones (excluding diaryl/α,β-unsaturated/α-hetero) is 1. The van der Waals surface area contributed by atoms with Crippen LogP contribution < -0.4 is 32.3 Å². The summed E-state index contributed by atoms with van der Waals surface area (Å²) in [5.41, 5.74) is 6.55. The number of ketones is 1. The first-order chi connectivity index (χ1) is 24.2. The quantitative estimate of drug-likeness (QED) is 0.217. The van der Waals surface area contributed by atoms with Crippen LogP contribution in [0.15, 0.2) is 65.8 Å². The molecule has 1 aromatic heterocycles. The number of benzene rings is 2. The van der Waals surface area contributed by atoms with E-state index in [1.165, 1.54) is 39.5 Å². The minimum absolute atomic E-state index is 0.00750. The topological polar surface area (TPSA) is 211 Å². The molecule has 0 spiro atoms. The summed E-state index contributed by atoms with van der Waals surface area (Å²) in [6, 6.07) is 10.4. The van der Waals surface area contributed by atoms with Crippen molar-refractivity contribution in [1.82, 2.24) is 31.2 Å². The van der Waals surface area contributed by atoms with Crippen molar-refractivity contribution < 1.29 is 33.6 Å². The van der Waals surface area contributed by atoms with Crippen molar-refractivity contribution in [3.05, 3.63) is 66.4 Å². The zero-order valence-corrected chi connectivity index (χ0v) is 30.0. The number of fused-ring (bicyclic) bond motifs is 3. The van der Waals surface area contributed by atoms with Crippen LogP contribution >= 0.6 is 11.8 Å². The van der Waals surface area contributed by atoms with Gasteiger partial charge >= 0.3 is 0 Å². The van der Waals surface area contributed by atoms with Gasteiger partial charge in [-0.3, -0.25) is 33.6 Å². The number of carbonyl (C=O) groups excluding carboxylic acids is 7. The molecule has 14 nitrogen and oxygen atoms in total. The van der Waals surface area contributed by atoms with Gasteiger partial charge in [0.2, 0.25) is 35.4 Å². The fourth-order valence-electron chi connectivity index (χ4n) is 5.56. The predicted octanol–water partition coefficient (Wildman–Crippen LogP) is 1.12. The van der Waals surface area contributed by atoms with E-state index in [4.69, 9.17) is 5.73 Å². The molecule has 0 unspecified atom stereocenters.